The Morgan fingerprint density at radius 3 is 2.90 bits per heavy atom. The first kappa shape index (κ1) is 14.1. The number of benzene rings is 1. The highest BCUT2D eigenvalue weighted by atomic mass is 16.1. The Kier molecular flexibility index (Phi) is 4.71. The Morgan fingerprint density at radius 2 is 2.15 bits per heavy atom. The molecule has 0 bridgehead atoms. The summed E-state index contributed by atoms with van der Waals surface area (Å²) in [5, 5.41) is 5.90. The van der Waals surface area contributed by atoms with Gasteiger partial charge in [0.15, 0.2) is 0 Å². The number of nitrogens with zero attached hydrogens (tertiary/aromatic N) is 1. The zero-order valence-corrected chi connectivity index (χ0v) is 11.8. The van der Waals surface area contributed by atoms with Crippen molar-refractivity contribution in [2.45, 2.75) is 13.3 Å². The van der Waals surface area contributed by atoms with Gasteiger partial charge in [0.25, 0.3) is 5.91 Å². The first-order chi connectivity index (χ1) is 9.70. The molecule has 1 aromatic heterocycles. The number of amides is 1. The average Bonchev–Trinajstić information content (AvgIpc) is 2.47. The van der Waals surface area contributed by atoms with Crippen LogP contribution >= 0.6 is 0 Å². The predicted octanol–water partition coefficient (Wildman–Crippen LogP) is 2.40. The van der Waals surface area contributed by atoms with Crippen molar-refractivity contribution < 1.29 is 4.79 Å². The molecule has 4 heteroatoms. The smallest absolute Gasteiger partial charge is 0.253 e. The van der Waals surface area contributed by atoms with Crippen molar-refractivity contribution in [1.29, 1.82) is 0 Å². The summed E-state index contributed by atoms with van der Waals surface area (Å²) in [5.41, 5.74) is 3.82. The van der Waals surface area contributed by atoms with Crippen molar-refractivity contribution in [3.05, 3.63) is 59.4 Å². The van der Waals surface area contributed by atoms with Gasteiger partial charge in [-0.2, -0.15) is 0 Å². The third-order valence-electron chi connectivity index (χ3n) is 3.12. The molecule has 2 N–H and O–H groups in total. The number of aryl methyl sites for hydroxylation is 1. The lowest BCUT2D eigenvalue weighted by Gasteiger charge is -2.09. The highest BCUT2D eigenvalue weighted by Crippen LogP contribution is 2.12. The summed E-state index contributed by atoms with van der Waals surface area (Å²) in [6.45, 7) is 2.69. The monoisotopic (exact) mass is 269 g/mol. The molecule has 104 valence electrons. The van der Waals surface area contributed by atoms with E-state index in [9.17, 15) is 4.79 Å². The molecule has 0 aliphatic carbocycles. The summed E-state index contributed by atoms with van der Waals surface area (Å²) >= 11 is 0. The zero-order valence-electron chi connectivity index (χ0n) is 11.8. The number of rotatable bonds is 5. The summed E-state index contributed by atoms with van der Waals surface area (Å²) in [6.07, 6.45) is 4.10. The van der Waals surface area contributed by atoms with Gasteiger partial charge in [-0.15, -0.1) is 0 Å². The number of pyridine rings is 1. The molecule has 0 radical (unpaired) electrons. The highest BCUT2D eigenvalue weighted by molar-refractivity contribution is 5.99. The van der Waals surface area contributed by atoms with Crippen molar-refractivity contribution in [2.75, 3.05) is 18.9 Å². The molecule has 4 nitrogen and oxygen atoms in total. The number of hydrogen-bond acceptors (Lipinski definition) is 3. The maximum atomic E-state index is 12.1. The van der Waals surface area contributed by atoms with Gasteiger partial charge >= 0.3 is 0 Å². The lowest BCUT2D eigenvalue weighted by atomic mass is 10.1. The Hall–Kier alpha value is -2.36. The van der Waals surface area contributed by atoms with Crippen LogP contribution in [0.5, 0.6) is 0 Å². The molecule has 20 heavy (non-hydrogen) atoms. The zero-order chi connectivity index (χ0) is 14.4. The topological polar surface area (TPSA) is 54.0 Å². The van der Waals surface area contributed by atoms with Gasteiger partial charge in [-0.1, -0.05) is 29.8 Å². The van der Waals surface area contributed by atoms with E-state index in [0.717, 1.165) is 12.1 Å². The second kappa shape index (κ2) is 6.70. The van der Waals surface area contributed by atoms with Gasteiger partial charge in [0.2, 0.25) is 0 Å². The van der Waals surface area contributed by atoms with Crippen LogP contribution < -0.4 is 10.6 Å². The van der Waals surface area contributed by atoms with Crippen LogP contribution in [0.2, 0.25) is 0 Å². The molecule has 1 amide bonds. The minimum atomic E-state index is -0.0793. The number of carbonyl (C=O) groups excluding carboxylic acids is 1. The SMILES string of the molecule is CNc1cnccc1C(=O)NCCc1cccc(C)c1. The van der Waals surface area contributed by atoms with Gasteiger partial charge in [-0.05, 0) is 25.0 Å². The van der Waals surface area contributed by atoms with Crippen LogP contribution in [0.1, 0.15) is 21.5 Å². The van der Waals surface area contributed by atoms with Gasteiger partial charge in [0, 0.05) is 19.8 Å². The molecule has 1 aromatic carbocycles. The summed E-state index contributed by atoms with van der Waals surface area (Å²) in [7, 11) is 1.78. The Balaban J connectivity index is 1.92. The molecule has 2 aromatic rings. The number of carbonyl (C=O) groups is 1. The van der Waals surface area contributed by atoms with Crippen molar-refractivity contribution in [2.24, 2.45) is 0 Å². The van der Waals surface area contributed by atoms with Crippen LogP contribution in [-0.4, -0.2) is 24.5 Å². The van der Waals surface area contributed by atoms with E-state index >= 15 is 0 Å². The molecule has 0 saturated heterocycles. The molecular weight excluding hydrogens is 250 g/mol. The Bertz CT molecular complexity index is 596. The summed E-state index contributed by atoms with van der Waals surface area (Å²) < 4.78 is 0. The van der Waals surface area contributed by atoms with Gasteiger partial charge in [0.05, 0.1) is 17.4 Å². The van der Waals surface area contributed by atoms with Gasteiger partial charge in [-0.3, -0.25) is 9.78 Å². The standard InChI is InChI=1S/C16H19N3O/c1-12-4-3-5-13(10-12)6-9-19-16(20)14-7-8-18-11-15(14)17-2/h3-5,7-8,10-11,17H,6,9H2,1-2H3,(H,19,20). The molecule has 0 atom stereocenters. The van der Waals surface area contributed by atoms with Gasteiger partial charge < -0.3 is 10.6 Å². The molecular formula is C16H19N3O. The van der Waals surface area contributed by atoms with Crippen LogP contribution in [0.3, 0.4) is 0 Å². The molecule has 0 aliphatic heterocycles. The third kappa shape index (κ3) is 3.57. The highest BCUT2D eigenvalue weighted by Gasteiger charge is 2.09. The number of nitrogens with one attached hydrogen (secondary N) is 2. The largest absolute Gasteiger partial charge is 0.386 e. The quantitative estimate of drug-likeness (QED) is 0.876. The molecule has 1 heterocycles. The lowest BCUT2D eigenvalue weighted by molar-refractivity contribution is 0.0955. The van der Waals surface area contributed by atoms with E-state index in [0.29, 0.717) is 12.1 Å². The van der Waals surface area contributed by atoms with E-state index in [1.807, 2.05) is 6.07 Å². The van der Waals surface area contributed by atoms with Crippen LogP contribution in [-0.2, 0) is 6.42 Å². The van der Waals surface area contributed by atoms with Crippen LogP contribution in [0, 0.1) is 6.92 Å². The Morgan fingerprint density at radius 1 is 1.30 bits per heavy atom. The van der Waals surface area contributed by atoms with E-state index < -0.39 is 0 Å². The van der Waals surface area contributed by atoms with E-state index in [-0.39, 0.29) is 5.91 Å². The second-order valence-corrected chi connectivity index (χ2v) is 4.67. The fourth-order valence-electron chi connectivity index (χ4n) is 2.07. The molecule has 0 spiro atoms. The van der Waals surface area contributed by atoms with Crippen LogP contribution in [0.4, 0.5) is 5.69 Å². The number of aromatic nitrogens is 1. The maximum Gasteiger partial charge on any atom is 0.253 e. The fourth-order valence-corrected chi connectivity index (χ4v) is 2.07. The third-order valence-corrected chi connectivity index (χ3v) is 3.12. The summed E-state index contributed by atoms with van der Waals surface area (Å²) in [5.74, 6) is -0.0793. The molecule has 0 saturated carbocycles. The average molecular weight is 269 g/mol. The van der Waals surface area contributed by atoms with E-state index in [1.54, 1.807) is 25.5 Å². The number of hydrogen-bond donors (Lipinski definition) is 2. The normalized spacial score (nSPS) is 10.1. The lowest BCUT2D eigenvalue weighted by Crippen LogP contribution is -2.26. The predicted molar refractivity (Wildman–Crippen MR) is 81.0 cm³/mol. The second-order valence-electron chi connectivity index (χ2n) is 4.67. The van der Waals surface area contributed by atoms with E-state index in [2.05, 4.69) is 40.7 Å². The van der Waals surface area contributed by atoms with Crippen LogP contribution in [0.25, 0.3) is 0 Å². The van der Waals surface area contributed by atoms with Crippen molar-refractivity contribution >= 4 is 11.6 Å². The van der Waals surface area contributed by atoms with E-state index in [1.165, 1.54) is 11.1 Å². The first-order valence-electron chi connectivity index (χ1n) is 6.66. The van der Waals surface area contributed by atoms with E-state index in [4.69, 9.17) is 0 Å². The molecule has 0 unspecified atom stereocenters. The summed E-state index contributed by atoms with van der Waals surface area (Å²) in [4.78, 5) is 16.1. The molecule has 2 rings (SSSR count). The summed E-state index contributed by atoms with van der Waals surface area (Å²) in [6, 6.07) is 10.0. The Labute approximate surface area is 119 Å². The van der Waals surface area contributed by atoms with Crippen molar-refractivity contribution in [3.63, 3.8) is 0 Å². The minimum absolute atomic E-state index is 0.0793. The minimum Gasteiger partial charge on any atom is -0.386 e. The van der Waals surface area contributed by atoms with Crippen molar-refractivity contribution in [3.8, 4) is 0 Å². The first-order valence-corrected chi connectivity index (χ1v) is 6.66. The van der Waals surface area contributed by atoms with Gasteiger partial charge in [-0.25, -0.2) is 0 Å². The maximum absolute atomic E-state index is 12.1. The van der Waals surface area contributed by atoms with Crippen LogP contribution in [0.15, 0.2) is 42.7 Å². The number of anilines is 1. The molecule has 0 fully saturated rings. The fraction of sp³-hybridized carbons (Fsp3) is 0.250. The van der Waals surface area contributed by atoms with Gasteiger partial charge in [0.1, 0.15) is 0 Å². The van der Waals surface area contributed by atoms with Crippen molar-refractivity contribution in [1.82, 2.24) is 10.3 Å². The molecule has 0 aliphatic rings.